The maximum Gasteiger partial charge on any atom is 0.0664 e. The number of aromatic nitrogens is 1. The first-order chi connectivity index (χ1) is 9.93. The number of aliphatic hydroxyl groups excluding tert-OH is 1. The first kappa shape index (κ1) is 16.4. The van der Waals surface area contributed by atoms with Crippen molar-refractivity contribution in [3.8, 4) is 0 Å². The lowest BCUT2D eigenvalue weighted by molar-refractivity contribution is 0.0364. The van der Waals surface area contributed by atoms with Crippen molar-refractivity contribution >= 4 is 0 Å². The molecule has 0 aliphatic heterocycles. The van der Waals surface area contributed by atoms with Crippen molar-refractivity contribution in [3.63, 3.8) is 0 Å². The molecule has 2 atom stereocenters. The molecule has 2 rings (SSSR count). The first-order valence-electron chi connectivity index (χ1n) is 8.22. The Balaban J connectivity index is 1.99. The van der Waals surface area contributed by atoms with E-state index in [1.165, 1.54) is 12.8 Å². The normalized spacial score (nSPS) is 26.3. The fourth-order valence-corrected chi connectivity index (χ4v) is 3.69. The van der Waals surface area contributed by atoms with Gasteiger partial charge in [-0.25, -0.2) is 0 Å². The monoisotopic (exact) mass is 290 g/mol. The number of nitrogens with zero attached hydrogens (tertiary/aromatic N) is 1. The number of nitrogens with two attached hydrogens (primary N) is 1. The molecule has 1 aliphatic rings. The van der Waals surface area contributed by atoms with Crippen LogP contribution in [0.2, 0.25) is 0 Å². The molecular weight excluding hydrogens is 260 g/mol. The fraction of sp³-hybridized carbons (Fsp3) is 0.722. The van der Waals surface area contributed by atoms with Gasteiger partial charge in [0.25, 0.3) is 0 Å². The maximum atomic E-state index is 10.8. The zero-order valence-corrected chi connectivity index (χ0v) is 13.6. The molecule has 3 N–H and O–H groups in total. The van der Waals surface area contributed by atoms with Crippen LogP contribution >= 0.6 is 0 Å². The predicted molar refractivity (Wildman–Crippen MR) is 86.9 cm³/mol. The molecule has 1 aliphatic carbocycles. The lowest BCUT2D eigenvalue weighted by Crippen LogP contribution is -2.36. The van der Waals surface area contributed by atoms with Crippen LogP contribution in [-0.2, 0) is 0 Å². The Labute approximate surface area is 129 Å². The molecule has 0 amide bonds. The van der Waals surface area contributed by atoms with Crippen LogP contribution in [0.4, 0.5) is 0 Å². The molecule has 2 unspecified atom stereocenters. The van der Waals surface area contributed by atoms with Crippen LogP contribution in [0.1, 0.15) is 58.1 Å². The highest BCUT2D eigenvalue weighted by molar-refractivity contribution is 5.12. The number of rotatable bonds is 4. The van der Waals surface area contributed by atoms with Crippen LogP contribution in [0.15, 0.2) is 24.4 Å². The van der Waals surface area contributed by atoms with Gasteiger partial charge >= 0.3 is 0 Å². The van der Waals surface area contributed by atoms with Crippen molar-refractivity contribution in [1.29, 1.82) is 0 Å². The van der Waals surface area contributed by atoms with Crippen LogP contribution in [-0.4, -0.2) is 22.7 Å². The minimum Gasteiger partial charge on any atom is -0.392 e. The Morgan fingerprint density at radius 1 is 1.24 bits per heavy atom. The number of pyridine rings is 1. The molecule has 1 aromatic heterocycles. The average molecular weight is 290 g/mol. The molecule has 1 saturated carbocycles. The Hall–Kier alpha value is -0.930. The summed E-state index contributed by atoms with van der Waals surface area (Å²) in [5.41, 5.74) is 7.21. The first-order valence-corrected chi connectivity index (χ1v) is 8.22. The maximum absolute atomic E-state index is 10.8. The third kappa shape index (κ3) is 4.04. The van der Waals surface area contributed by atoms with Gasteiger partial charge in [-0.1, -0.05) is 26.8 Å². The van der Waals surface area contributed by atoms with Crippen LogP contribution in [0, 0.1) is 17.3 Å². The summed E-state index contributed by atoms with van der Waals surface area (Å²) >= 11 is 0. The van der Waals surface area contributed by atoms with Gasteiger partial charge in [0.15, 0.2) is 0 Å². The zero-order chi connectivity index (χ0) is 15.5. The lowest BCUT2D eigenvalue weighted by Gasteiger charge is -2.39. The van der Waals surface area contributed by atoms with Gasteiger partial charge in [-0.3, -0.25) is 4.98 Å². The SMILES string of the molecule is CC(C)(C)C1CCC(C(O)C(CN)c2ccccn2)CC1. The smallest absolute Gasteiger partial charge is 0.0664 e. The second kappa shape index (κ2) is 6.89. The van der Waals surface area contributed by atoms with Gasteiger partial charge in [-0.15, -0.1) is 0 Å². The molecule has 0 radical (unpaired) electrons. The minimum atomic E-state index is -0.370. The van der Waals surface area contributed by atoms with Crippen molar-refractivity contribution in [3.05, 3.63) is 30.1 Å². The molecule has 0 bridgehead atoms. The Bertz CT molecular complexity index is 419. The molecule has 21 heavy (non-hydrogen) atoms. The van der Waals surface area contributed by atoms with E-state index in [1.54, 1.807) is 6.20 Å². The molecular formula is C18H30N2O. The molecule has 0 aromatic carbocycles. The largest absolute Gasteiger partial charge is 0.392 e. The van der Waals surface area contributed by atoms with E-state index in [4.69, 9.17) is 5.73 Å². The van der Waals surface area contributed by atoms with E-state index in [-0.39, 0.29) is 12.0 Å². The summed E-state index contributed by atoms with van der Waals surface area (Å²) in [5, 5.41) is 10.8. The summed E-state index contributed by atoms with van der Waals surface area (Å²) in [7, 11) is 0. The second-order valence-corrected chi connectivity index (χ2v) is 7.57. The standard InChI is InChI=1S/C18H30N2O/c1-18(2,3)14-9-7-13(8-10-14)17(21)15(12-19)16-6-4-5-11-20-16/h4-6,11,13-15,17,21H,7-10,12,19H2,1-3H3. The zero-order valence-electron chi connectivity index (χ0n) is 13.6. The Morgan fingerprint density at radius 2 is 1.90 bits per heavy atom. The summed E-state index contributed by atoms with van der Waals surface area (Å²) in [6.45, 7) is 7.43. The molecule has 3 nitrogen and oxygen atoms in total. The topological polar surface area (TPSA) is 59.1 Å². The number of hydrogen-bond acceptors (Lipinski definition) is 3. The third-order valence-corrected chi connectivity index (χ3v) is 5.21. The molecule has 1 fully saturated rings. The van der Waals surface area contributed by atoms with Crippen molar-refractivity contribution < 1.29 is 5.11 Å². The highest BCUT2D eigenvalue weighted by atomic mass is 16.3. The van der Waals surface area contributed by atoms with Gasteiger partial charge < -0.3 is 10.8 Å². The van der Waals surface area contributed by atoms with Gasteiger partial charge in [0.05, 0.1) is 6.10 Å². The van der Waals surface area contributed by atoms with Crippen LogP contribution < -0.4 is 5.73 Å². The summed E-state index contributed by atoms with van der Waals surface area (Å²) < 4.78 is 0. The van der Waals surface area contributed by atoms with Gasteiger partial charge in [0, 0.05) is 24.4 Å². The van der Waals surface area contributed by atoms with Gasteiger partial charge in [0.2, 0.25) is 0 Å². The van der Waals surface area contributed by atoms with E-state index in [2.05, 4.69) is 25.8 Å². The predicted octanol–water partition coefficient (Wildman–Crippen LogP) is 3.34. The highest BCUT2D eigenvalue weighted by Crippen LogP contribution is 2.42. The van der Waals surface area contributed by atoms with Crippen molar-refractivity contribution in [2.75, 3.05) is 6.54 Å². The molecule has 0 spiro atoms. The average Bonchev–Trinajstić information content (AvgIpc) is 2.48. The molecule has 1 heterocycles. The van der Waals surface area contributed by atoms with E-state index in [0.29, 0.717) is 17.9 Å². The Kier molecular flexibility index (Phi) is 5.39. The molecule has 0 saturated heterocycles. The van der Waals surface area contributed by atoms with Crippen LogP contribution in [0.25, 0.3) is 0 Å². The Morgan fingerprint density at radius 3 is 2.38 bits per heavy atom. The summed E-state index contributed by atoms with van der Waals surface area (Å²) in [5.74, 6) is 1.09. The summed E-state index contributed by atoms with van der Waals surface area (Å²) in [6.07, 6.45) is 6.04. The number of aliphatic hydroxyl groups is 1. The van der Waals surface area contributed by atoms with E-state index >= 15 is 0 Å². The van der Waals surface area contributed by atoms with Crippen LogP contribution in [0.3, 0.4) is 0 Å². The molecule has 1 aromatic rings. The quantitative estimate of drug-likeness (QED) is 0.894. The molecule has 3 heteroatoms. The fourth-order valence-electron chi connectivity index (χ4n) is 3.69. The van der Waals surface area contributed by atoms with Gasteiger partial charge in [-0.05, 0) is 55.1 Å². The van der Waals surface area contributed by atoms with E-state index in [0.717, 1.165) is 24.5 Å². The van der Waals surface area contributed by atoms with Gasteiger partial charge in [0.1, 0.15) is 0 Å². The van der Waals surface area contributed by atoms with Crippen molar-refractivity contribution in [2.24, 2.45) is 23.0 Å². The number of hydrogen-bond donors (Lipinski definition) is 2. The van der Waals surface area contributed by atoms with Crippen molar-refractivity contribution in [1.82, 2.24) is 4.98 Å². The minimum absolute atomic E-state index is 0.0395. The lowest BCUT2D eigenvalue weighted by atomic mass is 9.67. The van der Waals surface area contributed by atoms with Crippen LogP contribution in [0.5, 0.6) is 0 Å². The third-order valence-electron chi connectivity index (χ3n) is 5.21. The highest BCUT2D eigenvalue weighted by Gasteiger charge is 2.35. The summed E-state index contributed by atoms with van der Waals surface area (Å²) in [4.78, 5) is 4.38. The van der Waals surface area contributed by atoms with Gasteiger partial charge in [-0.2, -0.15) is 0 Å². The summed E-state index contributed by atoms with van der Waals surface area (Å²) in [6, 6.07) is 5.84. The second-order valence-electron chi connectivity index (χ2n) is 7.57. The van der Waals surface area contributed by atoms with E-state index in [9.17, 15) is 5.11 Å². The van der Waals surface area contributed by atoms with Crippen molar-refractivity contribution in [2.45, 2.75) is 58.5 Å². The molecule has 118 valence electrons. The van der Waals surface area contributed by atoms with E-state index < -0.39 is 0 Å². The van der Waals surface area contributed by atoms with E-state index in [1.807, 2.05) is 18.2 Å².